The van der Waals surface area contributed by atoms with Gasteiger partial charge in [-0.2, -0.15) is 0 Å². The monoisotopic (exact) mass is 57.1 g/mol. The van der Waals surface area contributed by atoms with Gasteiger partial charge in [-0.3, -0.25) is 0 Å². The van der Waals surface area contributed by atoms with E-state index < -0.39 is 0 Å². The Morgan fingerprint density at radius 2 is 2.00 bits per heavy atom. The third-order valence-electron chi connectivity index (χ3n) is 0.167. The van der Waals surface area contributed by atoms with E-state index >= 15 is 0 Å². The first-order chi connectivity index (χ1) is 1.91. The van der Waals surface area contributed by atoms with E-state index in [0.29, 0.717) is 13.0 Å². The van der Waals surface area contributed by atoms with Gasteiger partial charge in [0.2, 0.25) is 0 Å². The van der Waals surface area contributed by atoms with Gasteiger partial charge in [0.1, 0.15) is 0 Å². The molecule has 0 bridgehead atoms. The highest BCUT2D eigenvalue weighted by Crippen LogP contribution is 1.55. The molecule has 0 aromatic heterocycles. The molecule has 0 heterocycles. The van der Waals surface area contributed by atoms with Gasteiger partial charge in [-0.1, -0.05) is 0 Å². The molecule has 24 valence electrons. The Balaban J connectivity index is 1.97. The lowest BCUT2D eigenvalue weighted by atomic mass is 10.5. The zero-order valence-corrected chi connectivity index (χ0v) is 2.57. The molecule has 0 saturated heterocycles. The topological polar surface area (TPSA) is 26.0 Å². The Hall–Kier alpha value is -0.0400. The van der Waals surface area contributed by atoms with Crippen molar-refractivity contribution in [2.24, 2.45) is 5.73 Å². The van der Waals surface area contributed by atoms with Crippen molar-refractivity contribution in [2.45, 2.75) is 6.42 Å². The third kappa shape index (κ3) is 1.96. The molecule has 1 nitrogen and oxygen atoms in total. The Labute approximate surface area is 26.8 Å². The van der Waals surface area contributed by atoms with Crippen molar-refractivity contribution in [3.63, 3.8) is 0 Å². The van der Waals surface area contributed by atoms with Crippen LogP contribution in [0.2, 0.25) is 0 Å². The third-order valence-corrected chi connectivity index (χ3v) is 0.167. The molecule has 0 aliphatic carbocycles. The van der Waals surface area contributed by atoms with Crippen LogP contribution >= 0.6 is 0 Å². The summed E-state index contributed by atoms with van der Waals surface area (Å²) in [6, 6.07) is 0. The molecule has 2 radical (unpaired) electrons. The lowest BCUT2D eigenvalue weighted by molar-refractivity contribution is 1.01. The summed E-state index contributed by atoms with van der Waals surface area (Å²) >= 11 is 0. The minimum atomic E-state index is 0.597. The second-order valence-corrected chi connectivity index (χ2v) is 0.577. The van der Waals surface area contributed by atoms with E-state index in [1.807, 2.05) is 0 Å². The Bertz CT molecular complexity index is 5.25. The molecule has 0 amide bonds. The molecular formula is C3H7N. The van der Waals surface area contributed by atoms with Gasteiger partial charge in [-0.25, -0.2) is 0 Å². The van der Waals surface area contributed by atoms with E-state index in [1.54, 1.807) is 0 Å². The molecule has 0 fully saturated rings. The van der Waals surface area contributed by atoms with Gasteiger partial charge in [0.05, 0.1) is 0 Å². The van der Waals surface area contributed by atoms with Crippen molar-refractivity contribution >= 4 is 0 Å². The normalized spacial score (nSPS) is 7.50. The van der Waals surface area contributed by atoms with Crippen LogP contribution in [-0.2, 0) is 0 Å². The summed E-state index contributed by atoms with van der Waals surface area (Å²) in [5.74, 6) is 0. The van der Waals surface area contributed by atoms with E-state index in [9.17, 15) is 0 Å². The summed E-state index contributed by atoms with van der Waals surface area (Å²) in [4.78, 5) is 0. The zero-order chi connectivity index (χ0) is 3.41. The van der Waals surface area contributed by atoms with Crippen LogP contribution in [-0.4, -0.2) is 6.54 Å². The van der Waals surface area contributed by atoms with Crippen LogP contribution in [0.3, 0.4) is 0 Å². The molecular weight excluding hydrogens is 50.0 g/mol. The molecule has 0 aromatic rings. The van der Waals surface area contributed by atoms with Crippen LogP contribution in [0.25, 0.3) is 0 Å². The van der Waals surface area contributed by atoms with Crippen LogP contribution in [0.15, 0.2) is 0 Å². The first-order valence-electron chi connectivity index (χ1n) is 1.32. The van der Waals surface area contributed by atoms with Gasteiger partial charge in [-0.15, -0.1) is 0 Å². The number of rotatable bonds is 1. The fourth-order valence-corrected chi connectivity index (χ4v) is 0. The van der Waals surface area contributed by atoms with Gasteiger partial charge >= 0.3 is 0 Å². The predicted molar refractivity (Wildman–Crippen MR) is 18.0 cm³/mol. The highest BCUT2D eigenvalue weighted by Gasteiger charge is 1.56. The minimum absolute atomic E-state index is 0.597. The maximum absolute atomic E-state index is 4.90. The van der Waals surface area contributed by atoms with E-state index in [-0.39, 0.29) is 0 Å². The minimum Gasteiger partial charge on any atom is -0.330 e. The fraction of sp³-hybridized carbons (Fsp3) is 0.667. The summed E-state index contributed by atoms with van der Waals surface area (Å²) in [5.41, 5.74) is 4.90. The highest BCUT2D eigenvalue weighted by molar-refractivity contribution is 4.33. The Kier molecular flexibility index (Phi) is 2.93. The molecule has 0 aliphatic heterocycles. The van der Waals surface area contributed by atoms with E-state index in [2.05, 4.69) is 0 Å². The summed E-state index contributed by atoms with van der Waals surface area (Å²) in [7, 11) is 0. The highest BCUT2D eigenvalue weighted by atomic mass is 14.5. The zero-order valence-electron chi connectivity index (χ0n) is 2.57. The van der Waals surface area contributed by atoms with Gasteiger partial charge in [0, 0.05) is 0 Å². The lowest BCUT2D eigenvalue weighted by Crippen LogP contribution is -1.93. The SMILES string of the molecule is [CH]CCN. The maximum Gasteiger partial charge on any atom is -0.00744 e. The van der Waals surface area contributed by atoms with Crippen LogP contribution < -0.4 is 5.73 Å². The second-order valence-electron chi connectivity index (χ2n) is 0.577. The predicted octanol–water partition coefficient (Wildman–Crippen LogP) is 0.0463. The first-order valence-corrected chi connectivity index (χ1v) is 1.32. The number of nitrogens with two attached hydrogens (primary N) is 1. The van der Waals surface area contributed by atoms with Gasteiger partial charge in [-0.05, 0) is 19.9 Å². The molecule has 0 spiro atoms. The van der Waals surface area contributed by atoms with Crippen molar-refractivity contribution in [2.75, 3.05) is 6.54 Å². The molecule has 4 heavy (non-hydrogen) atoms. The van der Waals surface area contributed by atoms with Crippen molar-refractivity contribution in [1.29, 1.82) is 0 Å². The molecule has 2 N–H and O–H groups in total. The van der Waals surface area contributed by atoms with Crippen LogP contribution in [0, 0.1) is 6.92 Å². The average molecular weight is 57.1 g/mol. The summed E-state index contributed by atoms with van der Waals surface area (Å²) in [5, 5.41) is 0. The largest absolute Gasteiger partial charge is 0.330 e. The average Bonchev–Trinajstić information content (AvgIpc) is 1.37. The first kappa shape index (κ1) is 3.96. The molecule has 0 saturated carbocycles. The van der Waals surface area contributed by atoms with Gasteiger partial charge in [0.15, 0.2) is 0 Å². The summed E-state index contributed by atoms with van der Waals surface area (Å²) < 4.78 is 0. The Morgan fingerprint density at radius 1 is 1.75 bits per heavy atom. The smallest absolute Gasteiger partial charge is 0.00744 e. The molecule has 0 unspecified atom stereocenters. The van der Waals surface area contributed by atoms with Gasteiger partial charge in [0.25, 0.3) is 0 Å². The van der Waals surface area contributed by atoms with Crippen molar-refractivity contribution < 1.29 is 0 Å². The van der Waals surface area contributed by atoms with E-state index in [4.69, 9.17) is 12.7 Å². The van der Waals surface area contributed by atoms with Crippen LogP contribution in [0.4, 0.5) is 0 Å². The van der Waals surface area contributed by atoms with Crippen molar-refractivity contribution in [1.82, 2.24) is 0 Å². The van der Waals surface area contributed by atoms with Crippen molar-refractivity contribution in [3.8, 4) is 0 Å². The molecule has 0 atom stereocenters. The van der Waals surface area contributed by atoms with Crippen LogP contribution in [0.5, 0.6) is 0 Å². The molecule has 1 heteroatoms. The molecule has 0 aliphatic rings. The second kappa shape index (κ2) is 2.96. The van der Waals surface area contributed by atoms with Crippen molar-refractivity contribution in [3.05, 3.63) is 6.92 Å². The van der Waals surface area contributed by atoms with E-state index in [1.165, 1.54) is 0 Å². The summed E-state index contributed by atoms with van der Waals surface area (Å²) in [6.45, 7) is 5.50. The Morgan fingerprint density at radius 3 is 2.00 bits per heavy atom. The molecule has 0 aromatic carbocycles. The molecule has 0 rings (SSSR count). The summed E-state index contributed by atoms with van der Waals surface area (Å²) in [6.07, 6.45) is 0.597. The maximum atomic E-state index is 4.90. The van der Waals surface area contributed by atoms with Crippen LogP contribution in [0.1, 0.15) is 6.42 Å². The lowest BCUT2D eigenvalue weighted by Gasteiger charge is -1.69. The van der Waals surface area contributed by atoms with E-state index in [0.717, 1.165) is 0 Å². The fourth-order valence-electron chi connectivity index (χ4n) is 0. The quantitative estimate of drug-likeness (QED) is 0.452. The standard InChI is InChI=1S/C3H7N/c1-2-3-4/h1H,2-4H2. The number of hydrogen-bond acceptors (Lipinski definition) is 1. The number of hydrogen-bond donors (Lipinski definition) is 1. The van der Waals surface area contributed by atoms with Gasteiger partial charge < -0.3 is 5.73 Å².